The highest BCUT2D eigenvalue weighted by molar-refractivity contribution is 7.17. The van der Waals surface area contributed by atoms with Crippen molar-refractivity contribution in [3.63, 3.8) is 0 Å². The summed E-state index contributed by atoms with van der Waals surface area (Å²) in [4.78, 5) is 25.6. The van der Waals surface area contributed by atoms with Crippen molar-refractivity contribution >= 4 is 28.2 Å². The van der Waals surface area contributed by atoms with Gasteiger partial charge in [0.1, 0.15) is 22.2 Å². The standard InChI is InChI=1S/C18H17F2NO3S/c1-24-18(23)14-10-6-3-2-4-9-13(10)25-17(14)21-16(22)15-11(19)7-5-8-12(15)20/h5,7-8H,2-4,6,9H2,1H3,(H,21,22). The Morgan fingerprint density at radius 1 is 1.08 bits per heavy atom. The molecule has 0 unspecified atom stereocenters. The molecule has 1 heterocycles. The number of aryl methyl sites for hydroxylation is 1. The lowest BCUT2D eigenvalue weighted by molar-refractivity contribution is 0.0601. The summed E-state index contributed by atoms with van der Waals surface area (Å²) in [5, 5.41) is 2.78. The predicted octanol–water partition coefficient (Wildman–Crippen LogP) is 4.33. The van der Waals surface area contributed by atoms with E-state index in [0.717, 1.165) is 54.7 Å². The van der Waals surface area contributed by atoms with Crippen LogP contribution in [0.25, 0.3) is 0 Å². The number of esters is 1. The van der Waals surface area contributed by atoms with E-state index in [0.29, 0.717) is 5.56 Å². The Morgan fingerprint density at radius 3 is 2.44 bits per heavy atom. The maximum absolute atomic E-state index is 13.8. The highest BCUT2D eigenvalue weighted by Crippen LogP contribution is 2.38. The smallest absolute Gasteiger partial charge is 0.341 e. The SMILES string of the molecule is COC(=O)c1c(NC(=O)c2c(F)cccc2F)sc2c1CCCCC2. The van der Waals surface area contributed by atoms with Crippen LogP contribution >= 0.6 is 11.3 Å². The van der Waals surface area contributed by atoms with Gasteiger partial charge in [-0.2, -0.15) is 0 Å². The lowest BCUT2D eigenvalue weighted by Crippen LogP contribution is -2.17. The van der Waals surface area contributed by atoms with Gasteiger partial charge in [0, 0.05) is 4.88 Å². The highest BCUT2D eigenvalue weighted by Gasteiger charge is 2.27. The third-order valence-corrected chi connectivity index (χ3v) is 5.43. The van der Waals surface area contributed by atoms with Crippen molar-refractivity contribution in [3.8, 4) is 0 Å². The molecule has 1 N–H and O–H groups in total. The number of benzene rings is 1. The molecule has 0 saturated heterocycles. The van der Waals surface area contributed by atoms with Crippen LogP contribution < -0.4 is 5.32 Å². The second-order valence-electron chi connectivity index (χ2n) is 5.81. The zero-order chi connectivity index (χ0) is 18.0. The van der Waals surface area contributed by atoms with Crippen LogP contribution in [0.15, 0.2) is 18.2 Å². The maximum Gasteiger partial charge on any atom is 0.341 e. The van der Waals surface area contributed by atoms with E-state index < -0.39 is 29.1 Å². The fourth-order valence-electron chi connectivity index (χ4n) is 3.03. The fourth-order valence-corrected chi connectivity index (χ4v) is 4.30. The number of fused-ring (bicyclic) bond motifs is 1. The van der Waals surface area contributed by atoms with Crippen molar-refractivity contribution in [1.82, 2.24) is 0 Å². The molecule has 1 amide bonds. The molecule has 3 rings (SSSR count). The van der Waals surface area contributed by atoms with Crippen LogP contribution in [0.4, 0.5) is 13.8 Å². The Kier molecular flexibility index (Phi) is 5.13. The number of halogens is 2. The Balaban J connectivity index is 2.00. The quantitative estimate of drug-likeness (QED) is 0.650. The first-order valence-corrected chi connectivity index (χ1v) is 8.82. The molecule has 0 saturated carbocycles. The summed E-state index contributed by atoms with van der Waals surface area (Å²) < 4.78 is 32.5. The number of hydrogen-bond donors (Lipinski definition) is 1. The molecule has 4 nitrogen and oxygen atoms in total. The van der Waals surface area contributed by atoms with E-state index >= 15 is 0 Å². The molecular weight excluding hydrogens is 348 g/mol. The number of amides is 1. The lowest BCUT2D eigenvalue weighted by Gasteiger charge is -2.08. The summed E-state index contributed by atoms with van der Waals surface area (Å²) in [6, 6.07) is 3.22. The molecule has 0 aliphatic heterocycles. The van der Waals surface area contributed by atoms with Gasteiger partial charge in [-0.25, -0.2) is 13.6 Å². The number of carbonyl (C=O) groups excluding carboxylic acids is 2. The maximum atomic E-state index is 13.8. The van der Waals surface area contributed by atoms with E-state index in [1.807, 2.05) is 0 Å². The first-order chi connectivity index (χ1) is 12.0. The number of rotatable bonds is 3. The molecule has 2 aromatic rings. The second kappa shape index (κ2) is 7.31. The van der Waals surface area contributed by atoms with Crippen LogP contribution in [-0.2, 0) is 17.6 Å². The average Bonchev–Trinajstić information content (AvgIpc) is 2.75. The topological polar surface area (TPSA) is 55.4 Å². The summed E-state index contributed by atoms with van der Waals surface area (Å²) in [7, 11) is 1.27. The minimum Gasteiger partial charge on any atom is -0.465 e. The van der Waals surface area contributed by atoms with E-state index in [1.54, 1.807) is 0 Å². The first kappa shape index (κ1) is 17.5. The summed E-state index contributed by atoms with van der Waals surface area (Å²) in [5.74, 6) is -3.37. The number of thiophene rings is 1. The zero-order valence-electron chi connectivity index (χ0n) is 13.7. The number of hydrogen-bond acceptors (Lipinski definition) is 4. The van der Waals surface area contributed by atoms with Crippen molar-refractivity contribution in [3.05, 3.63) is 51.4 Å². The van der Waals surface area contributed by atoms with E-state index in [9.17, 15) is 18.4 Å². The molecule has 1 aliphatic carbocycles. The van der Waals surface area contributed by atoms with Crippen LogP contribution in [-0.4, -0.2) is 19.0 Å². The van der Waals surface area contributed by atoms with Gasteiger partial charge in [-0.1, -0.05) is 12.5 Å². The van der Waals surface area contributed by atoms with Crippen LogP contribution in [0.1, 0.15) is 50.4 Å². The first-order valence-electron chi connectivity index (χ1n) is 8.01. The molecule has 1 aliphatic rings. The van der Waals surface area contributed by atoms with Crippen molar-refractivity contribution in [2.24, 2.45) is 0 Å². The van der Waals surface area contributed by atoms with E-state index in [-0.39, 0.29) is 5.00 Å². The predicted molar refractivity (Wildman–Crippen MR) is 91.2 cm³/mol. The van der Waals surface area contributed by atoms with Crippen LogP contribution in [0.3, 0.4) is 0 Å². The molecule has 0 radical (unpaired) electrons. The normalized spacial score (nSPS) is 13.7. The Labute approximate surface area is 147 Å². The molecular formula is C18H17F2NO3S. The highest BCUT2D eigenvalue weighted by atomic mass is 32.1. The minimum atomic E-state index is -0.949. The van der Waals surface area contributed by atoms with E-state index in [2.05, 4.69) is 5.32 Å². The molecule has 25 heavy (non-hydrogen) atoms. The second-order valence-corrected chi connectivity index (χ2v) is 6.92. The summed E-state index contributed by atoms with van der Waals surface area (Å²) in [5.41, 5.74) is 0.509. The van der Waals surface area contributed by atoms with Crippen molar-refractivity contribution in [2.75, 3.05) is 12.4 Å². The number of ether oxygens (including phenoxy) is 1. The zero-order valence-corrected chi connectivity index (χ0v) is 14.5. The molecule has 132 valence electrons. The van der Waals surface area contributed by atoms with Gasteiger partial charge in [0.05, 0.1) is 12.7 Å². The van der Waals surface area contributed by atoms with Crippen molar-refractivity contribution < 1.29 is 23.1 Å². The van der Waals surface area contributed by atoms with Gasteiger partial charge in [0.25, 0.3) is 5.91 Å². The lowest BCUT2D eigenvalue weighted by atomic mass is 10.1. The fraction of sp³-hybridized carbons (Fsp3) is 0.333. The minimum absolute atomic E-state index is 0.284. The third kappa shape index (κ3) is 3.42. The number of nitrogens with one attached hydrogen (secondary N) is 1. The molecule has 1 aromatic heterocycles. The van der Waals surface area contributed by atoms with Gasteiger partial charge >= 0.3 is 5.97 Å². The van der Waals surface area contributed by atoms with Gasteiger partial charge in [-0.3, -0.25) is 4.79 Å². The number of carbonyl (C=O) groups is 2. The van der Waals surface area contributed by atoms with Gasteiger partial charge in [0.15, 0.2) is 0 Å². The largest absolute Gasteiger partial charge is 0.465 e. The summed E-state index contributed by atoms with van der Waals surface area (Å²) in [6.07, 6.45) is 4.56. The Bertz CT molecular complexity index is 812. The number of anilines is 1. The van der Waals surface area contributed by atoms with Gasteiger partial charge < -0.3 is 10.1 Å². The Morgan fingerprint density at radius 2 is 1.76 bits per heavy atom. The molecule has 1 aromatic carbocycles. The molecule has 0 bridgehead atoms. The average molecular weight is 365 g/mol. The van der Waals surface area contributed by atoms with Crippen LogP contribution in [0.2, 0.25) is 0 Å². The van der Waals surface area contributed by atoms with Crippen LogP contribution in [0, 0.1) is 11.6 Å². The molecule has 7 heteroatoms. The van der Waals surface area contributed by atoms with Crippen molar-refractivity contribution in [1.29, 1.82) is 0 Å². The van der Waals surface area contributed by atoms with Crippen molar-refractivity contribution in [2.45, 2.75) is 32.1 Å². The van der Waals surface area contributed by atoms with E-state index in [1.165, 1.54) is 24.5 Å². The van der Waals surface area contributed by atoms with Gasteiger partial charge in [-0.05, 0) is 43.4 Å². The monoisotopic (exact) mass is 365 g/mol. The third-order valence-electron chi connectivity index (χ3n) is 4.23. The summed E-state index contributed by atoms with van der Waals surface area (Å²) >= 11 is 1.28. The summed E-state index contributed by atoms with van der Waals surface area (Å²) in [6.45, 7) is 0. The van der Waals surface area contributed by atoms with E-state index in [4.69, 9.17) is 4.74 Å². The molecule has 0 fully saturated rings. The number of methoxy groups -OCH3 is 1. The Hall–Kier alpha value is -2.28. The van der Waals surface area contributed by atoms with Gasteiger partial charge in [0.2, 0.25) is 0 Å². The van der Waals surface area contributed by atoms with Crippen LogP contribution in [0.5, 0.6) is 0 Å². The molecule has 0 atom stereocenters. The molecule has 0 spiro atoms. The van der Waals surface area contributed by atoms with Gasteiger partial charge in [-0.15, -0.1) is 11.3 Å².